The molecule has 9 heteroatoms. The van der Waals surface area contributed by atoms with Crippen LogP contribution in [0.3, 0.4) is 0 Å². The summed E-state index contributed by atoms with van der Waals surface area (Å²) < 4.78 is 58.9. The van der Waals surface area contributed by atoms with Crippen LogP contribution < -0.4 is 13.8 Å². The minimum atomic E-state index is -3.83. The molecule has 1 aliphatic heterocycles. The second-order valence-electron chi connectivity index (χ2n) is 6.49. The van der Waals surface area contributed by atoms with Crippen molar-refractivity contribution in [3.8, 4) is 5.75 Å². The quantitative estimate of drug-likeness (QED) is 0.818. The molecule has 0 radical (unpaired) electrons. The van der Waals surface area contributed by atoms with Gasteiger partial charge in [-0.2, -0.15) is 0 Å². The molecule has 0 spiro atoms. The standard InChI is InChI=1S/C18H22N2O5S2/c1-13-10-17(11-14(2)18(13)25-3)27(23,24)19-15-6-4-7-16(12-15)20-8-5-9-26(20,21)22/h4,6-7,10-12,19H,5,8-9H2,1-3H3. The molecule has 0 bridgehead atoms. The Hall–Kier alpha value is -2.26. The maximum atomic E-state index is 12.8. The Morgan fingerprint density at radius 2 is 1.78 bits per heavy atom. The van der Waals surface area contributed by atoms with Crippen molar-refractivity contribution in [3.05, 3.63) is 47.5 Å². The summed E-state index contributed by atoms with van der Waals surface area (Å²) in [5.74, 6) is 0.753. The van der Waals surface area contributed by atoms with E-state index in [1.807, 2.05) is 0 Å². The molecule has 146 valence electrons. The lowest BCUT2D eigenvalue weighted by molar-refractivity contribution is 0.408. The van der Waals surface area contributed by atoms with E-state index in [9.17, 15) is 16.8 Å². The van der Waals surface area contributed by atoms with Crippen LogP contribution in [-0.4, -0.2) is 36.2 Å². The normalized spacial score (nSPS) is 16.3. The number of hydrogen-bond acceptors (Lipinski definition) is 5. The van der Waals surface area contributed by atoms with E-state index < -0.39 is 20.0 Å². The lowest BCUT2D eigenvalue weighted by atomic mass is 10.1. The first-order valence-corrected chi connectivity index (χ1v) is 11.5. The number of methoxy groups -OCH3 is 1. The first-order valence-electron chi connectivity index (χ1n) is 8.42. The molecule has 2 aromatic rings. The van der Waals surface area contributed by atoms with Gasteiger partial charge in [-0.05, 0) is 61.7 Å². The van der Waals surface area contributed by atoms with Crippen molar-refractivity contribution >= 4 is 31.4 Å². The van der Waals surface area contributed by atoms with Gasteiger partial charge in [-0.15, -0.1) is 0 Å². The van der Waals surface area contributed by atoms with E-state index in [-0.39, 0.29) is 10.6 Å². The molecule has 2 aromatic carbocycles. The van der Waals surface area contributed by atoms with Gasteiger partial charge in [0.2, 0.25) is 10.0 Å². The summed E-state index contributed by atoms with van der Waals surface area (Å²) in [5, 5.41) is 0. The van der Waals surface area contributed by atoms with Crippen molar-refractivity contribution < 1.29 is 21.6 Å². The molecule has 0 atom stereocenters. The van der Waals surface area contributed by atoms with E-state index in [2.05, 4.69) is 4.72 Å². The van der Waals surface area contributed by atoms with Gasteiger partial charge in [0.15, 0.2) is 0 Å². The van der Waals surface area contributed by atoms with E-state index in [1.165, 1.54) is 10.4 Å². The monoisotopic (exact) mass is 410 g/mol. The van der Waals surface area contributed by atoms with Crippen molar-refractivity contribution in [2.45, 2.75) is 25.2 Å². The van der Waals surface area contributed by atoms with Gasteiger partial charge in [0.05, 0.1) is 29.1 Å². The summed E-state index contributed by atoms with van der Waals surface area (Å²) in [7, 11) is -5.61. The number of anilines is 2. The molecule has 0 aliphatic carbocycles. The summed E-state index contributed by atoms with van der Waals surface area (Å²) in [6.45, 7) is 3.96. The molecule has 0 saturated carbocycles. The highest BCUT2D eigenvalue weighted by Gasteiger charge is 2.28. The van der Waals surface area contributed by atoms with Gasteiger partial charge < -0.3 is 4.74 Å². The van der Waals surface area contributed by atoms with Gasteiger partial charge in [-0.25, -0.2) is 16.8 Å². The van der Waals surface area contributed by atoms with Crippen LogP contribution in [-0.2, 0) is 20.0 Å². The summed E-state index contributed by atoms with van der Waals surface area (Å²) in [4.78, 5) is 0.123. The zero-order chi connectivity index (χ0) is 19.8. The summed E-state index contributed by atoms with van der Waals surface area (Å²) in [6, 6.07) is 9.50. The fraction of sp³-hybridized carbons (Fsp3) is 0.333. The predicted molar refractivity (Wildman–Crippen MR) is 105 cm³/mol. The molecular formula is C18H22N2O5S2. The number of ether oxygens (including phenoxy) is 1. The van der Waals surface area contributed by atoms with Gasteiger partial charge in [-0.1, -0.05) is 6.07 Å². The third-order valence-corrected chi connectivity index (χ3v) is 7.66. The van der Waals surface area contributed by atoms with Crippen molar-refractivity contribution in [3.63, 3.8) is 0 Å². The molecular weight excluding hydrogens is 388 g/mol. The maximum Gasteiger partial charge on any atom is 0.261 e. The molecule has 1 fully saturated rings. The van der Waals surface area contributed by atoms with Crippen LogP contribution in [0.1, 0.15) is 17.5 Å². The number of nitrogens with one attached hydrogen (secondary N) is 1. The average Bonchev–Trinajstić information content (AvgIpc) is 2.93. The molecule has 0 aromatic heterocycles. The Balaban J connectivity index is 1.92. The minimum absolute atomic E-state index is 0.105. The number of aryl methyl sites for hydroxylation is 2. The minimum Gasteiger partial charge on any atom is -0.496 e. The number of hydrogen-bond donors (Lipinski definition) is 1. The molecule has 3 rings (SSSR count). The first-order chi connectivity index (χ1) is 12.6. The van der Waals surface area contributed by atoms with E-state index in [1.54, 1.807) is 51.3 Å². The average molecular weight is 411 g/mol. The Morgan fingerprint density at radius 3 is 2.33 bits per heavy atom. The summed E-state index contributed by atoms with van der Waals surface area (Å²) in [6.07, 6.45) is 0.558. The van der Waals surface area contributed by atoms with Gasteiger partial charge in [0, 0.05) is 6.54 Å². The highest BCUT2D eigenvalue weighted by molar-refractivity contribution is 7.93. The Bertz CT molecular complexity index is 1060. The third kappa shape index (κ3) is 3.89. The lowest BCUT2D eigenvalue weighted by Crippen LogP contribution is -2.25. The fourth-order valence-electron chi connectivity index (χ4n) is 3.26. The van der Waals surface area contributed by atoms with Gasteiger partial charge in [-0.3, -0.25) is 9.03 Å². The van der Waals surface area contributed by atoms with Gasteiger partial charge in [0.1, 0.15) is 5.75 Å². The number of nitrogens with zero attached hydrogens (tertiary/aromatic N) is 1. The van der Waals surface area contributed by atoms with Crippen LogP contribution in [0, 0.1) is 13.8 Å². The van der Waals surface area contributed by atoms with Crippen LogP contribution in [0.4, 0.5) is 11.4 Å². The molecule has 0 unspecified atom stereocenters. The van der Waals surface area contributed by atoms with E-state index >= 15 is 0 Å². The van der Waals surface area contributed by atoms with Crippen LogP contribution in [0.2, 0.25) is 0 Å². The van der Waals surface area contributed by atoms with Gasteiger partial charge in [0.25, 0.3) is 10.0 Å². The molecule has 1 aliphatic rings. The van der Waals surface area contributed by atoms with Crippen molar-refractivity contribution in [1.29, 1.82) is 0 Å². The highest BCUT2D eigenvalue weighted by atomic mass is 32.2. The Labute approximate surface area is 160 Å². The zero-order valence-electron chi connectivity index (χ0n) is 15.4. The Kier molecular flexibility index (Phi) is 5.09. The van der Waals surface area contributed by atoms with Crippen LogP contribution in [0.15, 0.2) is 41.3 Å². The second-order valence-corrected chi connectivity index (χ2v) is 10.2. The van der Waals surface area contributed by atoms with Crippen LogP contribution >= 0.6 is 0 Å². The van der Waals surface area contributed by atoms with Crippen molar-refractivity contribution in [2.75, 3.05) is 28.4 Å². The summed E-state index contributed by atoms with van der Waals surface area (Å²) >= 11 is 0. The molecule has 1 saturated heterocycles. The molecule has 0 amide bonds. The second kappa shape index (κ2) is 7.05. The fourth-order valence-corrected chi connectivity index (χ4v) is 6.03. The van der Waals surface area contributed by atoms with E-state index in [4.69, 9.17) is 4.74 Å². The predicted octanol–water partition coefficient (Wildman–Crippen LogP) is 2.65. The molecule has 27 heavy (non-hydrogen) atoms. The maximum absolute atomic E-state index is 12.8. The molecule has 1 heterocycles. The highest BCUT2D eigenvalue weighted by Crippen LogP contribution is 2.30. The number of benzene rings is 2. The van der Waals surface area contributed by atoms with Crippen LogP contribution in [0.25, 0.3) is 0 Å². The zero-order valence-corrected chi connectivity index (χ0v) is 17.0. The van der Waals surface area contributed by atoms with Crippen molar-refractivity contribution in [1.82, 2.24) is 0 Å². The topological polar surface area (TPSA) is 92.8 Å². The van der Waals surface area contributed by atoms with Crippen molar-refractivity contribution in [2.24, 2.45) is 0 Å². The molecule has 1 N–H and O–H groups in total. The van der Waals surface area contributed by atoms with E-state index in [0.717, 1.165) is 11.1 Å². The largest absolute Gasteiger partial charge is 0.496 e. The summed E-state index contributed by atoms with van der Waals surface area (Å²) in [5.41, 5.74) is 2.19. The van der Waals surface area contributed by atoms with Crippen LogP contribution in [0.5, 0.6) is 5.75 Å². The number of rotatable bonds is 5. The molecule has 7 nitrogen and oxygen atoms in total. The number of sulfonamides is 2. The smallest absolute Gasteiger partial charge is 0.261 e. The van der Waals surface area contributed by atoms with E-state index in [0.29, 0.717) is 30.1 Å². The Morgan fingerprint density at radius 1 is 1.11 bits per heavy atom. The third-order valence-electron chi connectivity index (χ3n) is 4.43. The lowest BCUT2D eigenvalue weighted by Gasteiger charge is -2.18. The van der Waals surface area contributed by atoms with Gasteiger partial charge >= 0.3 is 0 Å². The first kappa shape index (κ1) is 19.5. The SMILES string of the molecule is COc1c(C)cc(S(=O)(=O)Nc2cccc(N3CCCS3(=O)=O)c2)cc1C.